The Hall–Kier alpha value is -2.55. The molecule has 2 N–H and O–H groups in total. The van der Waals surface area contributed by atoms with Gasteiger partial charge >= 0.3 is 5.97 Å². The number of nitrogens with one attached hydrogen (secondary N) is 1. The van der Waals surface area contributed by atoms with Crippen molar-refractivity contribution in [1.82, 2.24) is 0 Å². The third-order valence-corrected chi connectivity index (χ3v) is 3.27. The monoisotopic (exact) mass is 251 g/mol. The van der Waals surface area contributed by atoms with Crippen LogP contribution in [0.2, 0.25) is 0 Å². The second-order valence-electron chi connectivity index (χ2n) is 4.45. The number of allylic oxidation sites excluding steroid dienone is 1. The average Bonchev–Trinajstić information content (AvgIpc) is 2.47. The number of rotatable bonds is 2. The smallest absolute Gasteiger partial charge is 0.351 e. The second kappa shape index (κ2) is 4.61. The molecule has 2 aromatic rings. The number of hydrogen-bond acceptors (Lipinski definition) is 2. The highest BCUT2D eigenvalue weighted by molar-refractivity contribution is 5.92. The van der Waals surface area contributed by atoms with Crippen LogP contribution in [0, 0.1) is 0 Å². The van der Waals surface area contributed by atoms with Crippen LogP contribution < -0.4 is 5.32 Å². The van der Waals surface area contributed by atoms with Gasteiger partial charge in [-0.05, 0) is 35.3 Å². The molecular formula is C16H13NO2. The molecule has 94 valence electrons. The van der Waals surface area contributed by atoms with Gasteiger partial charge in [0.1, 0.15) is 5.70 Å². The largest absolute Gasteiger partial charge is 0.477 e. The topological polar surface area (TPSA) is 49.3 Å². The summed E-state index contributed by atoms with van der Waals surface area (Å²) in [6, 6.07) is 16.0. The first-order chi connectivity index (χ1) is 9.25. The summed E-state index contributed by atoms with van der Waals surface area (Å²) < 4.78 is 0. The normalized spacial score (nSPS) is 13.2. The van der Waals surface area contributed by atoms with E-state index in [1.165, 1.54) is 0 Å². The molecule has 1 aliphatic heterocycles. The zero-order valence-electron chi connectivity index (χ0n) is 10.3. The van der Waals surface area contributed by atoms with Gasteiger partial charge in [-0.25, -0.2) is 4.79 Å². The van der Waals surface area contributed by atoms with Gasteiger partial charge in [-0.1, -0.05) is 42.5 Å². The zero-order valence-corrected chi connectivity index (χ0v) is 10.3. The highest BCUT2D eigenvalue weighted by Gasteiger charge is 2.17. The van der Waals surface area contributed by atoms with Crippen molar-refractivity contribution in [1.29, 1.82) is 0 Å². The lowest BCUT2D eigenvalue weighted by atomic mass is 9.94. The molecule has 0 aliphatic carbocycles. The van der Waals surface area contributed by atoms with E-state index in [9.17, 15) is 4.79 Å². The Morgan fingerprint density at radius 1 is 1.05 bits per heavy atom. The van der Waals surface area contributed by atoms with Gasteiger partial charge in [0.15, 0.2) is 0 Å². The minimum absolute atomic E-state index is 0.248. The van der Waals surface area contributed by atoms with Gasteiger partial charge in [0.05, 0.1) is 0 Å². The number of hydrogen-bond donors (Lipinski definition) is 2. The minimum atomic E-state index is -0.921. The summed E-state index contributed by atoms with van der Waals surface area (Å²) in [5.74, 6) is -0.921. The molecule has 0 unspecified atom stereocenters. The predicted molar refractivity (Wildman–Crippen MR) is 74.9 cm³/mol. The molecule has 0 fully saturated rings. The standard InChI is InChI=1S/C16H13NO2/c18-16(19)15-10-9-13-12(7-4-8-14(13)17-15)11-5-2-1-3-6-11/h1-8,10,17H,9H2,(H,18,19). The highest BCUT2D eigenvalue weighted by atomic mass is 16.4. The Bertz CT molecular complexity index is 660. The Labute approximate surface area is 111 Å². The molecule has 0 saturated heterocycles. The molecule has 19 heavy (non-hydrogen) atoms. The molecule has 1 heterocycles. The van der Waals surface area contributed by atoms with E-state index >= 15 is 0 Å². The molecule has 3 rings (SSSR count). The van der Waals surface area contributed by atoms with Crippen molar-refractivity contribution < 1.29 is 9.90 Å². The van der Waals surface area contributed by atoms with E-state index in [0.717, 1.165) is 22.4 Å². The summed E-state index contributed by atoms with van der Waals surface area (Å²) in [5.41, 5.74) is 4.55. The van der Waals surface area contributed by atoms with Crippen LogP contribution in [-0.2, 0) is 11.2 Å². The molecule has 1 aliphatic rings. The van der Waals surface area contributed by atoms with Gasteiger partial charge < -0.3 is 10.4 Å². The van der Waals surface area contributed by atoms with Gasteiger partial charge in [-0.2, -0.15) is 0 Å². The summed E-state index contributed by atoms with van der Waals surface area (Å²) in [7, 11) is 0. The van der Waals surface area contributed by atoms with Crippen molar-refractivity contribution in [3.05, 3.63) is 65.9 Å². The van der Waals surface area contributed by atoms with Gasteiger partial charge in [0.2, 0.25) is 0 Å². The molecule has 0 aromatic heterocycles. The van der Waals surface area contributed by atoms with E-state index in [1.54, 1.807) is 6.08 Å². The first-order valence-electron chi connectivity index (χ1n) is 6.13. The van der Waals surface area contributed by atoms with Crippen LogP contribution in [0.1, 0.15) is 5.56 Å². The van der Waals surface area contributed by atoms with Crippen molar-refractivity contribution in [3.63, 3.8) is 0 Å². The first-order valence-corrected chi connectivity index (χ1v) is 6.13. The molecule has 3 heteroatoms. The fourth-order valence-corrected chi connectivity index (χ4v) is 2.35. The molecule has 0 radical (unpaired) electrons. The van der Waals surface area contributed by atoms with Crippen molar-refractivity contribution in [2.45, 2.75) is 6.42 Å². The van der Waals surface area contributed by atoms with Crippen LogP contribution in [0.25, 0.3) is 11.1 Å². The first kappa shape index (κ1) is 11.5. The molecule has 0 spiro atoms. The summed E-state index contributed by atoms with van der Waals surface area (Å²) in [6.45, 7) is 0. The summed E-state index contributed by atoms with van der Waals surface area (Å²) >= 11 is 0. The summed E-state index contributed by atoms with van der Waals surface area (Å²) in [5, 5.41) is 12.0. The zero-order chi connectivity index (χ0) is 13.2. The Balaban J connectivity index is 2.06. The van der Waals surface area contributed by atoms with Crippen molar-refractivity contribution in [3.8, 4) is 11.1 Å². The Morgan fingerprint density at radius 2 is 1.84 bits per heavy atom. The van der Waals surface area contributed by atoms with E-state index < -0.39 is 5.97 Å². The van der Waals surface area contributed by atoms with E-state index in [2.05, 4.69) is 23.5 Å². The van der Waals surface area contributed by atoms with Crippen LogP contribution in [0.4, 0.5) is 5.69 Å². The lowest BCUT2D eigenvalue weighted by molar-refractivity contribution is -0.132. The number of carboxylic acid groups (broad SMARTS) is 1. The van der Waals surface area contributed by atoms with Gasteiger partial charge in [0, 0.05) is 5.69 Å². The quantitative estimate of drug-likeness (QED) is 0.861. The van der Waals surface area contributed by atoms with Crippen LogP contribution in [0.15, 0.2) is 60.3 Å². The van der Waals surface area contributed by atoms with Gasteiger partial charge in [-0.15, -0.1) is 0 Å². The van der Waals surface area contributed by atoms with Crippen molar-refractivity contribution in [2.24, 2.45) is 0 Å². The van der Waals surface area contributed by atoms with Gasteiger partial charge in [0.25, 0.3) is 0 Å². The SMILES string of the molecule is O=C(O)C1=CCc2c(cccc2-c2ccccc2)N1. The maximum absolute atomic E-state index is 11.0. The van der Waals surface area contributed by atoms with E-state index in [1.807, 2.05) is 30.3 Å². The van der Waals surface area contributed by atoms with Crippen LogP contribution in [0.5, 0.6) is 0 Å². The molecule has 3 nitrogen and oxygen atoms in total. The Morgan fingerprint density at radius 3 is 2.58 bits per heavy atom. The van der Waals surface area contributed by atoms with E-state index in [4.69, 9.17) is 5.11 Å². The maximum atomic E-state index is 11.0. The predicted octanol–water partition coefficient (Wildman–Crippen LogP) is 3.29. The summed E-state index contributed by atoms with van der Waals surface area (Å²) in [4.78, 5) is 11.0. The molecule has 0 atom stereocenters. The number of fused-ring (bicyclic) bond motifs is 1. The van der Waals surface area contributed by atoms with Crippen LogP contribution in [-0.4, -0.2) is 11.1 Å². The molecule has 2 aromatic carbocycles. The van der Waals surface area contributed by atoms with Crippen molar-refractivity contribution >= 4 is 11.7 Å². The fourth-order valence-electron chi connectivity index (χ4n) is 2.35. The number of anilines is 1. The third-order valence-electron chi connectivity index (χ3n) is 3.27. The molecule has 0 amide bonds. The van der Waals surface area contributed by atoms with E-state index in [0.29, 0.717) is 6.42 Å². The number of carbonyl (C=O) groups is 1. The molecule has 0 saturated carbocycles. The maximum Gasteiger partial charge on any atom is 0.351 e. The number of aliphatic carboxylic acids is 1. The van der Waals surface area contributed by atoms with Gasteiger partial charge in [-0.3, -0.25) is 0 Å². The minimum Gasteiger partial charge on any atom is -0.477 e. The molecule has 0 bridgehead atoms. The summed E-state index contributed by atoms with van der Waals surface area (Å²) in [6.07, 6.45) is 2.35. The van der Waals surface area contributed by atoms with Crippen LogP contribution >= 0.6 is 0 Å². The average molecular weight is 251 g/mol. The third kappa shape index (κ3) is 2.10. The van der Waals surface area contributed by atoms with Crippen molar-refractivity contribution in [2.75, 3.05) is 5.32 Å². The number of benzene rings is 2. The fraction of sp³-hybridized carbons (Fsp3) is 0.0625. The molecular weight excluding hydrogens is 238 g/mol. The highest BCUT2D eigenvalue weighted by Crippen LogP contribution is 2.32. The van der Waals surface area contributed by atoms with Crippen LogP contribution in [0.3, 0.4) is 0 Å². The second-order valence-corrected chi connectivity index (χ2v) is 4.45. The lowest BCUT2D eigenvalue weighted by Crippen LogP contribution is -2.16. The number of carboxylic acids is 1. The van der Waals surface area contributed by atoms with E-state index in [-0.39, 0.29) is 5.70 Å². The Kier molecular flexibility index (Phi) is 2.80. The lowest BCUT2D eigenvalue weighted by Gasteiger charge is -2.20.